The van der Waals surface area contributed by atoms with Gasteiger partial charge in [-0.3, -0.25) is 0 Å². The number of hydrogen-bond acceptors (Lipinski definition) is 0. The summed E-state index contributed by atoms with van der Waals surface area (Å²) in [6.45, 7) is 23.3. The topological polar surface area (TPSA) is 0 Å². The van der Waals surface area contributed by atoms with Gasteiger partial charge in [-0.2, -0.15) is 0 Å². The minimum Gasteiger partial charge on any atom is -0.323 e. The molecule has 0 heterocycles. The van der Waals surface area contributed by atoms with Crippen molar-refractivity contribution in [1.29, 1.82) is 0 Å². The molecule has 0 aliphatic rings. The van der Waals surface area contributed by atoms with Crippen LogP contribution in [-0.4, -0.2) is 66.2 Å². The fourth-order valence-electron chi connectivity index (χ4n) is 2.95. The monoisotopic (exact) mass is 426 g/mol. The Morgan fingerprint density at radius 3 is 1.52 bits per heavy atom. The second-order valence-electron chi connectivity index (χ2n) is 6.00. The summed E-state index contributed by atoms with van der Waals surface area (Å²) in [4.78, 5) is 0.421. The van der Waals surface area contributed by atoms with Gasteiger partial charge in [-0.1, -0.05) is 31.9 Å². The van der Waals surface area contributed by atoms with Gasteiger partial charge in [0.2, 0.25) is 0 Å². The van der Waals surface area contributed by atoms with Gasteiger partial charge in [-0.05, 0) is 47.6 Å². The van der Waals surface area contributed by atoms with Crippen molar-refractivity contribution in [3.8, 4) is 0 Å². The van der Waals surface area contributed by atoms with E-state index in [9.17, 15) is 0 Å². The van der Waals surface area contributed by atoms with E-state index in [4.69, 9.17) is 0 Å². The van der Waals surface area contributed by atoms with Crippen molar-refractivity contribution in [1.82, 2.24) is 0 Å². The van der Waals surface area contributed by atoms with Crippen LogP contribution in [-0.2, 0) is 0 Å². The highest BCUT2D eigenvalue weighted by Gasteiger charge is 2.27. The quantitative estimate of drug-likeness (QED) is 0.328. The van der Waals surface area contributed by atoms with Crippen LogP contribution in [0.3, 0.4) is 0 Å². The van der Waals surface area contributed by atoms with E-state index in [2.05, 4.69) is 79.5 Å². The Labute approximate surface area is 150 Å². The molecule has 4 heteroatoms. The minimum atomic E-state index is 0.421. The molecule has 0 rings (SSSR count). The molecule has 126 valence electrons. The third kappa shape index (κ3) is 6.32. The first-order chi connectivity index (χ1) is 9.88. The van der Waals surface area contributed by atoms with Gasteiger partial charge in [0.25, 0.3) is 0 Å². The number of halogens is 2. The maximum Gasteiger partial charge on any atom is 0.0984 e. The lowest BCUT2D eigenvalue weighted by atomic mass is 10.2. The summed E-state index contributed by atoms with van der Waals surface area (Å²) in [5.41, 5.74) is 0. The summed E-state index contributed by atoms with van der Waals surface area (Å²) >= 11 is 7.72. The van der Waals surface area contributed by atoms with E-state index in [1.807, 2.05) is 0 Å². The van der Waals surface area contributed by atoms with E-state index in [1.165, 1.54) is 52.7 Å². The molecule has 0 aliphatic carbocycles. The highest BCUT2D eigenvalue weighted by atomic mass is 79.9. The summed E-state index contributed by atoms with van der Waals surface area (Å²) in [7, 11) is 0. The molecule has 0 bridgehead atoms. The Bertz CT molecular complexity index is 291. The largest absolute Gasteiger partial charge is 0.323 e. The molecule has 0 aromatic heterocycles. The summed E-state index contributed by atoms with van der Waals surface area (Å²) in [6.07, 6.45) is 2.39. The van der Waals surface area contributed by atoms with Gasteiger partial charge in [-0.25, -0.2) is 0 Å². The van der Waals surface area contributed by atoms with Crippen molar-refractivity contribution in [2.45, 2.75) is 46.4 Å². The van der Waals surface area contributed by atoms with Crippen molar-refractivity contribution in [3.05, 3.63) is 10.6 Å². The third-order valence-electron chi connectivity index (χ3n) is 5.55. The maximum absolute atomic E-state index is 3.90. The average molecular weight is 428 g/mol. The van der Waals surface area contributed by atoms with Crippen LogP contribution in [0.4, 0.5) is 0 Å². The third-order valence-corrected chi connectivity index (χ3v) is 7.82. The average Bonchev–Trinajstić information content (AvgIpc) is 2.54. The first kappa shape index (κ1) is 21.6. The molecule has 1 unspecified atom stereocenters. The van der Waals surface area contributed by atoms with Crippen LogP contribution in [0, 0.1) is 0 Å². The summed E-state index contributed by atoms with van der Waals surface area (Å²) < 4.78 is 3.66. The second kappa shape index (κ2) is 10.4. The van der Waals surface area contributed by atoms with Crippen molar-refractivity contribution in [3.63, 3.8) is 0 Å². The second-order valence-corrected chi connectivity index (χ2v) is 8.02. The van der Waals surface area contributed by atoms with Crippen LogP contribution in [0.15, 0.2) is 10.6 Å². The van der Waals surface area contributed by atoms with Crippen LogP contribution in [0.2, 0.25) is 0 Å². The molecule has 0 N–H and O–H groups in total. The zero-order valence-electron chi connectivity index (χ0n) is 15.0. The van der Waals surface area contributed by atoms with E-state index in [1.54, 1.807) is 0 Å². The van der Waals surface area contributed by atoms with Crippen molar-refractivity contribution >= 4 is 31.9 Å². The Morgan fingerprint density at radius 2 is 1.19 bits per heavy atom. The van der Waals surface area contributed by atoms with E-state index in [0.29, 0.717) is 4.83 Å². The van der Waals surface area contributed by atoms with E-state index < -0.39 is 0 Å². The smallest absolute Gasteiger partial charge is 0.0984 e. The minimum absolute atomic E-state index is 0.421. The molecule has 2 nitrogen and oxygen atoms in total. The number of hydrogen-bond donors (Lipinski definition) is 0. The molecular weight excluding hydrogens is 392 g/mol. The van der Waals surface area contributed by atoms with Crippen LogP contribution < -0.4 is 0 Å². The molecule has 21 heavy (non-hydrogen) atoms. The number of quaternary nitrogens is 2. The summed E-state index contributed by atoms with van der Waals surface area (Å²) in [6, 6.07) is 0. The van der Waals surface area contributed by atoms with Crippen molar-refractivity contribution in [2.75, 3.05) is 52.4 Å². The number of likely N-dealkylation sites (N-methyl/N-ethyl adjacent to an activating group) is 1. The molecule has 0 saturated heterocycles. The molecule has 0 aromatic carbocycles. The van der Waals surface area contributed by atoms with E-state index >= 15 is 0 Å². The molecule has 0 radical (unpaired) electrons. The maximum atomic E-state index is 3.90. The van der Waals surface area contributed by atoms with Gasteiger partial charge >= 0.3 is 0 Å². The van der Waals surface area contributed by atoms with E-state index in [-0.39, 0.29) is 0 Å². The fraction of sp³-hybridized carbons (Fsp3) is 0.882. The molecule has 0 aliphatic heterocycles. The fourth-order valence-corrected chi connectivity index (χ4v) is 4.04. The lowest BCUT2D eigenvalue weighted by Gasteiger charge is -2.38. The zero-order valence-corrected chi connectivity index (χ0v) is 18.1. The predicted octanol–water partition coefficient (Wildman–Crippen LogP) is 4.78. The lowest BCUT2D eigenvalue weighted by molar-refractivity contribution is -0.922. The first-order valence-electron chi connectivity index (χ1n) is 8.57. The van der Waals surface area contributed by atoms with Gasteiger partial charge in [0.1, 0.15) is 0 Å². The molecule has 0 amide bonds. The molecule has 0 fully saturated rings. The van der Waals surface area contributed by atoms with Gasteiger partial charge in [-0.15, -0.1) is 0 Å². The van der Waals surface area contributed by atoms with Crippen molar-refractivity contribution < 1.29 is 8.97 Å². The summed E-state index contributed by atoms with van der Waals surface area (Å²) in [5.74, 6) is 0. The van der Waals surface area contributed by atoms with Gasteiger partial charge in [0.05, 0.1) is 57.2 Å². The molecule has 0 spiro atoms. The van der Waals surface area contributed by atoms with Crippen LogP contribution in [0.1, 0.15) is 41.5 Å². The highest BCUT2D eigenvalue weighted by molar-refractivity contribution is 9.14. The molecule has 1 atom stereocenters. The van der Waals surface area contributed by atoms with Gasteiger partial charge < -0.3 is 8.97 Å². The SMILES string of the molecule is CC[N+](CC)(CC)C/C=C(\Br)C(Br)C[N+](CC)(CC)CC. The number of nitrogens with zero attached hydrogens (tertiary/aromatic N) is 2. The Morgan fingerprint density at radius 1 is 0.810 bits per heavy atom. The molecule has 0 aromatic rings. The normalized spacial score (nSPS) is 15.3. The number of alkyl halides is 1. The Hall–Kier alpha value is 0.620. The summed E-state index contributed by atoms with van der Waals surface area (Å²) in [5, 5.41) is 0. The zero-order chi connectivity index (χ0) is 16.5. The molecular formula is C17H36Br2N2+2. The Kier molecular flexibility index (Phi) is 10.7. The first-order valence-corrected chi connectivity index (χ1v) is 10.3. The van der Waals surface area contributed by atoms with Crippen LogP contribution >= 0.6 is 31.9 Å². The van der Waals surface area contributed by atoms with Gasteiger partial charge in [0, 0.05) is 4.48 Å². The van der Waals surface area contributed by atoms with Crippen LogP contribution in [0.5, 0.6) is 0 Å². The lowest BCUT2D eigenvalue weighted by Crippen LogP contribution is -2.51. The molecule has 0 saturated carbocycles. The highest BCUT2D eigenvalue weighted by Crippen LogP contribution is 2.24. The van der Waals surface area contributed by atoms with Gasteiger partial charge in [0.15, 0.2) is 0 Å². The number of rotatable bonds is 11. The van der Waals surface area contributed by atoms with Crippen LogP contribution in [0.25, 0.3) is 0 Å². The van der Waals surface area contributed by atoms with Crippen molar-refractivity contribution in [2.24, 2.45) is 0 Å². The van der Waals surface area contributed by atoms with E-state index in [0.717, 1.165) is 13.1 Å². The predicted molar refractivity (Wildman–Crippen MR) is 103 cm³/mol. The Balaban J connectivity index is 4.84. The standard InChI is InChI=1S/C17H36Br2N2/c1-7-20(8-2,9-3)14-13-16(18)17(19)15-21(10-4,11-5)12-6/h13,17H,7-12,14-15H2,1-6H3/q+2/b16-13-.